The normalized spacial score (nSPS) is 12.1. The number of hydrogen-bond acceptors (Lipinski definition) is 2. The van der Waals surface area contributed by atoms with Gasteiger partial charge >= 0.3 is 6.09 Å². The third-order valence-electron chi connectivity index (χ3n) is 2.45. The van der Waals surface area contributed by atoms with Crippen molar-refractivity contribution in [3.63, 3.8) is 0 Å². The molecule has 3 nitrogen and oxygen atoms in total. The smallest absolute Gasteiger partial charge is 0.408 e. The number of halogens is 1. The summed E-state index contributed by atoms with van der Waals surface area (Å²) in [7, 11) is 0. The molecule has 0 fully saturated rings. The number of carbonyl (C=O) groups excluding carboxylic acids is 1. The van der Waals surface area contributed by atoms with E-state index in [0.717, 1.165) is 10.0 Å². The molecule has 0 saturated heterocycles. The first-order valence-electron chi connectivity index (χ1n) is 6.07. The molecule has 104 valence electrons. The Kier molecular flexibility index (Phi) is 7.23. The molecule has 0 bridgehead atoms. The maximum absolute atomic E-state index is 11.6. The molecule has 1 aromatic rings. The molecule has 1 unspecified atom stereocenters. The maximum Gasteiger partial charge on any atom is 0.408 e. The van der Waals surface area contributed by atoms with Gasteiger partial charge in [0.05, 0.1) is 6.04 Å². The average molecular weight is 334 g/mol. The lowest BCUT2D eigenvalue weighted by Gasteiger charge is -2.11. The van der Waals surface area contributed by atoms with Crippen LogP contribution >= 0.6 is 15.9 Å². The van der Waals surface area contributed by atoms with E-state index in [1.807, 2.05) is 36.4 Å². The monoisotopic (exact) mass is 333 g/mol. The van der Waals surface area contributed by atoms with Crippen molar-refractivity contribution in [3.8, 4) is 12.3 Å². The van der Waals surface area contributed by atoms with Crippen molar-refractivity contribution in [2.45, 2.75) is 19.1 Å². The minimum absolute atomic E-state index is 0.218. The molecule has 1 rings (SSSR count). The summed E-state index contributed by atoms with van der Waals surface area (Å²) in [4.78, 5) is 11.6. The Bertz CT molecular complexity index is 517. The van der Waals surface area contributed by atoms with Gasteiger partial charge in [-0.1, -0.05) is 70.9 Å². The van der Waals surface area contributed by atoms with Gasteiger partial charge in [-0.15, -0.1) is 6.42 Å². The van der Waals surface area contributed by atoms with Gasteiger partial charge in [0.25, 0.3) is 0 Å². The highest BCUT2D eigenvalue weighted by Crippen LogP contribution is 2.08. The largest absolute Gasteiger partial charge is 0.445 e. The quantitative estimate of drug-likeness (QED) is 0.635. The van der Waals surface area contributed by atoms with E-state index in [-0.39, 0.29) is 6.61 Å². The highest BCUT2D eigenvalue weighted by molar-refractivity contribution is 9.11. The van der Waals surface area contributed by atoms with Crippen molar-refractivity contribution in [3.05, 3.63) is 59.1 Å². The summed E-state index contributed by atoms with van der Waals surface area (Å²) >= 11 is 3.29. The van der Waals surface area contributed by atoms with Crippen LogP contribution in [0.5, 0.6) is 0 Å². The van der Waals surface area contributed by atoms with E-state index in [4.69, 9.17) is 11.2 Å². The molecule has 1 atom stereocenters. The molecule has 0 spiro atoms. The summed E-state index contributed by atoms with van der Waals surface area (Å²) in [5, 5.41) is 2.62. The number of carbonyl (C=O) groups is 1. The Labute approximate surface area is 127 Å². The van der Waals surface area contributed by atoms with Crippen molar-refractivity contribution in [1.29, 1.82) is 0 Å². The topological polar surface area (TPSA) is 38.3 Å². The first-order valence-corrected chi connectivity index (χ1v) is 6.86. The zero-order chi connectivity index (χ0) is 14.8. The molecule has 0 aromatic heterocycles. The summed E-state index contributed by atoms with van der Waals surface area (Å²) in [6.07, 6.45) is 8.84. The van der Waals surface area contributed by atoms with Gasteiger partial charge in [0.15, 0.2) is 0 Å². The first-order chi connectivity index (χ1) is 9.65. The Balaban J connectivity index is 2.40. The summed E-state index contributed by atoms with van der Waals surface area (Å²) in [5.74, 6) is 2.50. The summed E-state index contributed by atoms with van der Waals surface area (Å²) in [6.45, 7) is 3.83. The molecule has 0 heterocycles. The molecule has 0 radical (unpaired) electrons. The van der Waals surface area contributed by atoms with Crippen molar-refractivity contribution >= 4 is 22.0 Å². The van der Waals surface area contributed by atoms with E-state index in [1.165, 1.54) is 0 Å². The van der Waals surface area contributed by atoms with E-state index in [9.17, 15) is 4.79 Å². The number of terminal acetylenes is 1. The Morgan fingerprint density at radius 1 is 1.50 bits per heavy atom. The van der Waals surface area contributed by atoms with Gasteiger partial charge in [-0.3, -0.25) is 0 Å². The second kappa shape index (κ2) is 9.00. The van der Waals surface area contributed by atoms with Crippen molar-refractivity contribution in [2.75, 3.05) is 0 Å². The number of hydrogen-bond donors (Lipinski definition) is 1. The first kappa shape index (κ1) is 16.1. The predicted molar refractivity (Wildman–Crippen MR) is 84.2 cm³/mol. The van der Waals surface area contributed by atoms with Gasteiger partial charge in [-0.25, -0.2) is 4.79 Å². The standard InChI is InChI=1S/C16H16BrNO2/c1-3-14(17)10-11-15(4-2)18-16(19)20-12-13-8-6-5-7-9-13/h2-3,5-10,15H,1,11-12H2,(H,18,19)/b14-10-. The summed E-state index contributed by atoms with van der Waals surface area (Å²) in [5.41, 5.74) is 0.925. The maximum atomic E-state index is 11.6. The van der Waals surface area contributed by atoms with Crippen LogP contribution in [0.15, 0.2) is 53.5 Å². The number of nitrogens with one attached hydrogen (secondary N) is 1. The molecular weight excluding hydrogens is 318 g/mol. The highest BCUT2D eigenvalue weighted by Gasteiger charge is 2.09. The average Bonchev–Trinajstić information content (AvgIpc) is 2.49. The van der Waals surface area contributed by atoms with Crippen LogP contribution in [0.25, 0.3) is 0 Å². The van der Waals surface area contributed by atoms with Gasteiger partial charge in [-0.2, -0.15) is 0 Å². The molecule has 0 aliphatic heterocycles. The zero-order valence-electron chi connectivity index (χ0n) is 11.0. The van der Waals surface area contributed by atoms with Crippen LogP contribution < -0.4 is 5.32 Å². The highest BCUT2D eigenvalue weighted by atomic mass is 79.9. The molecule has 1 aromatic carbocycles. The summed E-state index contributed by atoms with van der Waals surface area (Å²) < 4.78 is 5.93. The van der Waals surface area contributed by atoms with Gasteiger partial charge in [0, 0.05) is 4.48 Å². The molecule has 1 amide bonds. The molecular formula is C16H16BrNO2. The minimum atomic E-state index is -0.528. The van der Waals surface area contributed by atoms with Crippen molar-refractivity contribution in [1.82, 2.24) is 5.32 Å². The van der Waals surface area contributed by atoms with Crippen LogP contribution in [0, 0.1) is 12.3 Å². The lowest BCUT2D eigenvalue weighted by atomic mass is 10.2. The van der Waals surface area contributed by atoms with Gasteiger partial charge < -0.3 is 10.1 Å². The lowest BCUT2D eigenvalue weighted by molar-refractivity contribution is 0.138. The minimum Gasteiger partial charge on any atom is -0.445 e. The number of alkyl carbamates (subject to hydrolysis) is 1. The van der Waals surface area contributed by atoms with Crippen LogP contribution in [-0.4, -0.2) is 12.1 Å². The van der Waals surface area contributed by atoms with Crippen LogP contribution in [0.1, 0.15) is 12.0 Å². The SMILES string of the molecule is C#CC(C/C=C(\Br)C=C)NC(=O)OCc1ccccc1. The Morgan fingerprint density at radius 3 is 2.80 bits per heavy atom. The van der Waals surface area contributed by atoms with E-state index < -0.39 is 12.1 Å². The fraction of sp³-hybridized carbons (Fsp3) is 0.188. The number of benzene rings is 1. The second-order valence-corrected chi connectivity index (χ2v) is 4.87. The fourth-order valence-corrected chi connectivity index (χ4v) is 1.58. The Morgan fingerprint density at radius 2 is 2.20 bits per heavy atom. The van der Waals surface area contributed by atoms with Gasteiger partial charge in [0.1, 0.15) is 6.61 Å². The van der Waals surface area contributed by atoms with E-state index >= 15 is 0 Å². The Hall–Kier alpha value is -1.99. The number of rotatable bonds is 6. The molecule has 4 heteroatoms. The van der Waals surface area contributed by atoms with Crippen LogP contribution in [0.3, 0.4) is 0 Å². The molecule has 0 aliphatic carbocycles. The van der Waals surface area contributed by atoms with Gasteiger partial charge in [-0.05, 0) is 12.0 Å². The molecule has 1 N–H and O–H groups in total. The van der Waals surface area contributed by atoms with Crippen LogP contribution in [0.4, 0.5) is 4.79 Å². The predicted octanol–water partition coefficient (Wildman–Crippen LogP) is 3.77. The molecule has 0 aliphatic rings. The zero-order valence-corrected chi connectivity index (χ0v) is 12.6. The van der Waals surface area contributed by atoms with Crippen molar-refractivity contribution in [2.24, 2.45) is 0 Å². The van der Waals surface area contributed by atoms with Crippen LogP contribution in [0.2, 0.25) is 0 Å². The third-order valence-corrected chi connectivity index (χ3v) is 3.10. The summed E-state index contributed by atoms with van der Waals surface area (Å²) in [6, 6.07) is 9.04. The lowest BCUT2D eigenvalue weighted by Crippen LogP contribution is -2.33. The second-order valence-electron chi connectivity index (χ2n) is 3.95. The molecule has 0 saturated carbocycles. The third kappa shape index (κ3) is 6.26. The van der Waals surface area contributed by atoms with Crippen molar-refractivity contribution < 1.29 is 9.53 Å². The van der Waals surface area contributed by atoms with E-state index in [2.05, 4.69) is 33.7 Å². The van der Waals surface area contributed by atoms with Gasteiger partial charge in [0.2, 0.25) is 0 Å². The number of allylic oxidation sites excluding steroid dienone is 2. The van der Waals surface area contributed by atoms with E-state index in [1.54, 1.807) is 6.08 Å². The van der Waals surface area contributed by atoms with E-state index in [0.29, 0.717) is 6.42 Å². The number of ether oxygens (including phenoxy) is 1. The number of amides is 1. The fourth-order valence-electron chi connectivity index (χ4n) is 1.39. The van der Waals surface area contributed by atoms with Crippen LogP contribution in [-0.2, 0) is 11.3 Å². The molecule has 20 heavy (non-hydrogen) atoms.